The van der Waals surface area contributed by atoms with E-state index in [1.54, 1.807) is 28.4 Å². The number of anilines is 2. The molecule has 3 aromatic heterocycles. The van der Waals surface area contributed by atoms with Gasteiger partial charge in [-0.05, 0) is 44.5 Å². The van der Waals surface area contributed by atoms with Crippen LogP contribution in [0.5, 0.6) is 0 Å². The summed E-state index contributed by atoms with van der Waals surface area (Å²) < 4.78 is 4.90. The Labute approximate surface area is 224 Å². The highest BCUT2D eigenvalue weighted by molar-refractivity contribution is 5.95. The molecule has 3 N–H and O–H groups in total. The lowest BCUT2D eigenvalue weighted by Crippen LogP contribution is -2.39. The van der Waals surface area contributed by atoms with Gasteiger partial charge in [0.15, 0.2) is 11.5 Å². The summed E-state index contributed by atoms with van der Waals surface area (Å²) in [7, 11) is 0. The minimum absolute atomic E-state index is 0.129. The van der Waals surface area contributed by atoms with Crippen molar-refractivity contribution in [3.05, 3.63) is 82.9 Å². The van der Waals surface area contributed by atoms with E-state index in [0.29, 0.717) is 55.4 Å². The molecule has 12 heteroatoms. The highest BCUT2D eigenvalue weighted by Crippen LogP contribution is 2.20. The number of carbonyl (C=O) groups is 2. The molecule has 0 bridgehead atoms. The van der Waals surface area contributed by atoms with E-state index in [2.05, 4.69) is 37.5 Å². The second kappa shape index (κ2) is 10.9. The van der Waals surface area contributed by atoms with Gasteiger partial charge in [-0.2, -0.15) is 0 Å². The third-order valence-electron chi connectivity index (χ3n) is 6.66. The molecule has 0 spiro atoms. The van der Waals surface area contributed by atoms with Crippen LogP contribution in [0.2, 0.25) is 0 Å². The third kappa shape index (κ3) is 5.13. The van der Waals surface area contributed by atoms with Crippen molar-refractivity contribution >= 4 is 29.2 Å². The number of amides is 3. The Hall–Kier alpha value is -4.87. The van der Waals surface area contributed by atoms with Gasteiger partial charge in [0.05, 0.1) is 24.1 Å². The first kappa shape index (κ1) is 25.8. The topological polar surface area (TPSA) is 131 Å². The molecule has 1 saturated heterocycles. The van der Waals surface area contributed by atoms with Gasteiger partial charge in [0.25, 0.3) is 11.5 Å². The van der Waals surface area contributed by atoms with Gasteiger partial charge in [-0.3, -0.25) is 19.6 Å². The average Bonchev–Trinajstić information content (AvgIpc) is 3.60. The second-order valence-electron chi connectivity index (χ2n) is 9.29. The lowest BCUT2D eigenvalue weighted by atomic mass is 10.2. The van der Waals surface area contributed by atoms with Crippen molar-refractivity contribution in [3.8, 4) is 5.69 Å². The summed E-state index contributed by atoms with van der Waals surface area (Å²) in [6, 6.07) is 12.5. The molecule has 1 aromatic carbocycles. The number of hydrogen-bond acceptors (Lipinski definition) is 6. The van der Waals surface area contributed by atoms with Gasteiger partial charge in [-0.25, -0.2) is 19.0 Å². The fourth-order valence-corrected chi connectivity index (χ4v) is 4.84. The Kier molecular flexibility index (Phi) is 7.17. The van der Waals surface area contributed by atoms with Crippen LogP contribution in [0.15, 0.2) is 66.1 Å². The van der Waals surface area contributed by atoms with Gasteiger partial charge in [-0.1, -0.05) is 24.3 Å². The molecule has 5 rings (SSSR count). The fraction of sp³-hybridized carbons (Fsp3) is 0.296. The molecule has 0 saturated carbocycles. The molecular weight excluding hydrogens is 498 g/mol. The molecule has 4 aromatic rings. The smallest absolute Gasteiger partial charge is 0.320 e. The zero-order valence-corrected chi connectivity index (χ0v) is 21.9. The molecule has 0 aliphatic carbocycles. The van der Waals surface area contributed by atoms with E-state index < -0.39 is 5.91 Å². The average molecular weight is 530 g/mol. The van der Waals surface area contributed by atoms with E-state index in [4.69, 9.17) is 0 Å². The van der Waals surface area contributed by atoms with Crippen LogP contribution in [0.25, 0.3) is 11.3 Å². The molecule has 0 unspecified atom stereocenters. The van der Waals surface area contributed by atoms with Gasteiger partial charge in [0.2, 0.25) is 0 Å². The maximum absolute atomic E-state index is 13.4. The normalized spacial score (nSPS) is 14.9. The second-order valence-corrected chi connectivity index (χ2v) is 9.29. The lowest BCUT2D eigenvalue weighted by molar-refractivity contribution is 0.0938. The standard InChI is InChI=1S/C27H31N9O3/c1-4-14-35-18(3)24(26(38)36(35)20-9-7-6-8-10-20)25(37)29-19-13-15-33(16-19)23-12-11-22-30-21(17-34(22)32-23)31-27(39)28-5-2/h4,6-12,17,19H,1,5,13-16H2,2-3H3,(H,29,37)(H2,28,31,39)/t19-/m0/s1. The molecule has 4 heterocycles. The van der Waals surface area contributed by atoms with E-state index in [1.165, 1.54) is 4.68 Å². The van der Waals surface area contributed by atoms with Crippen LogP contribution in [0.1, 0.15) is 29.4 Å². The Morgan fingerprint density at radius 2 is 1.97 bits per heavy atom. The first-order valence-electron chi connectivity index (χ1n) is 12.9. The number of benzene rings is 1. The molecule has 39 heavy (non-hydrogen) atoms. The maximum Gasteiger partial charge on any atom is 0.320 e. The highest BCUT2D eigenvalue weighted by atomic mass is 16.2. The minimum Gasteiger partial charge on any atom is -0.353 e. The van der Waals surface area contributed by atoms with Crippen LogP contribution in [0, 0.1) is 6.92 Å². The van der Waals surface area contributed by atoms with E-state index in [1.807, 2.05) is 49.4 Å². The maximum atomic E-state index is 13.4. The van der Waals surface area contributed by atoms with Crippen molar-refractivity contribution in [2.24, 2.45) is 0 Å². The summed E-state index contributed by atoms with van der Waals surface area (Å²) in [6.45, 7) is 9.55. The van der Waals surface area contributed by atoms with Gasteiger partial charge in [0.1, 0.15) is 11.4 Å². The zero-order valence-electron chi connectivity index (χ0n) is 21.9. The number of rotatable bonds is 8. The molecule has 3 amide bonds. The van der Waals surface area contributed by atoms with Crippen LogP contribution in [0.3, 0.4) is 0 Å². The Morgan fingerprint density at radius 3 is 2.72 bits per heavy atom. The molecular formula is C27H31N9O3. The SMILES string of the molecule is C=CCn1c(C)c(C(=O)N[C@H]2CCN(c3ccc4nc(NC(=O)NCC)cn4n3)C2)c(=O)n1-c1ccccc1. The number of nitrogens with zero attached hydrogens (tertiary/aromatic N) is 6. The van der Waals surface area contributed by atoms with Crippen LogP contribution in [-0.4, -0.2) is 61.6 Å². The number of hydrogen-bond donors (Lipinski definition) is 3. The van der Waals surface area contributed by atoms with E-state index in [0.717, 1.165) is 5.82 Å². The number of fused-ring (bicyclic) bond motifs is 1. The van der Waals surface area contributed by atoms with E-state index >= 15 is 0 Å². The van der Waals surface area contributed by atoms with Crippen LogP contribution >= 0.6 is 0 Å². The molecule has 202 valence electrons. The minimum atomic E-state index is -0.393. The lowest BCUT2D eigenvalue weighted by Gasteiger charge is -2.17. The monoisotopic (exact) mass is 529 g/mol. The number of urea groups is 1. The van der Waals surface area contributed by atoms with Crippen LogP contribution in [0.4, 0.5) is 16.4 Å². The van der Waals surface area contributed by atoms with Crippen molar-refractivity contribution in [2.75, 3.05) is 29.9 Å². The van der Waals surface area contributed by atoms with Gasteiger partial charge in [0, 0.05) is 25.7 Å². The number of allylic oxidation sites excluding steroid dienone is 1. The van der Waals surface area contributed by atoms with Crippen molar-refractivity contribution in [3.63, 3.8) is 0 Å². The van der Waals surface area contributed by atoms with Crippen molar-refractivity contribution in [2.45, 2.75) is 32.9 Å². The number of imidazole rings is 1. The summed E-state index contributed by atoms with van der Waals surface area (Å²) in [5, 5.41) is 13.0. The highest BCUT2D eigenvalue weighted by Gasteiger charge is 2.29. The predicted molar refractivity (Wildman–Crippen MR) is 149 cm³/mol. The van der Waals surface area contributed by atoms with Crippen molar-refractivity contribution in [1.29, 1.82) is 0 Å². The van der Waals surface area contributed by atoms with E-state index in [9.17, 15) is 14.4 Å². The Morgan fingerprint density at radius 1 is 1.18 bits per heavy atom. The van der Waals surface area contributed by atoms with E-state index in [-0.39, 0.29) is 23.2 Å². The number of aromatic nitrogens is 5. The number of nitrogens with one attached hydrogen (secondary N) is 3. The summed E-state index contributed by atoms with van der Waals surface area (Å²) in [6.07, 6.45) is 4.06. The Bertz CT molecular complexity index is 1590. The number of carbonyl (C=O) groups excluding carboxylic acids is 2. The van der Waals surface area contributed by atoms with Crippen molar-refractivity contribution in [1.82, 2.24) is 34.6 Å². The summed E-state index contributed by atoms with van der Waals surface area (Å²) in [5.74, 6) is 0.731. The van der Waals surface area contributed by atoms with Crippen molar-refractivity contribution < 1.29 is 9.59 Å². The zero-order chi connectivity index (χ0) is 27.5. The first-order valence-corrected chi connectivity index (χ1v) is 12.9. The molecule has 1 atom stereocenters. The fourth-order valence-electron chi connectivity index (χ4n) is 4.84. The van der Waals surface area contributed by atoms with Gasteiger partial charge in [-0.15, -0.1) is 11.7 Å². The largest absolute Gasteiger partial charge is 0.353 e. The van der Waals surface area contributed by atoms with Crippen LogP contribution < -0.4 is 26.4 Å². The summed E-state index contributed by atoms with van der Waals surface area (Å²) in [4.78, 5) is 45.0. The molecule has 1 fully saturated rings. The third-order valence-corrected chi connectivity index (χ3v) is 6.66. The number of para-hydroxylation sites is 1. The molecule has 12 nitrogen and oxygen atoms in total. The Balaban J connectivity index is 1.31. The molecule has 1 aliphatic heterocycles. The van der Waals surface area contributed by atoms with Gasteiger partial charge >= 0.3 is 6.03 Å². The summed E-state index contributed by atoms with van der Waals surface area (Å²) in [5.41, 5.74) is 1.63. The van der Waals surface area contributed by atoms with Crippen LogP contribution in [-0.2, 0) is 6.54 Å². The molecule has 0 radical (unpaired) electrons. The summed E-state index contributed by atoms with van der Waals surface area (Å²) >= 11 is 0. The predicted octanol–water partition coefficient (Wildman–Crippen LogP) is 2.33. The molecule has 1 aliphatic rings. The van der Waals surface area contributed by atoms with Gasteiger partial charge < -0.3 is 15.5 Å². The quantitative estimate of drug-likeness (QED) is 0.300. The first-order chi connectivity index (χ1) is 18.9.